The second kappa shape index (κ2) is 9.04. The average molecular weight is 283 g/mol. The Kier molecular flexibility index (Phi) is 8.13. The molecule has 20 heavy (non-hydrogen) atoms. The molecule has 0 amide bonds. The van der Waals surface area contributed by atoms with Gasteiger partial charge in [0.2, 0.25) is 0 Å². The van der Waals surface area contributed by atoms with Gasteiger partial charge in [0.15, 0.2) is 0 Å². The molecule has 0 aromatic heterocycles. The molecule has 120 valence electrons. The third kappa shape index (κ3) is 7.08. The Hall–Kier alpha value is -0.0800. The highest BCUT2D eigenvalue weighted by Gasteiger charge is 2.30. The van der Waals surface area contributed by atoms with Crippen LogP contribution in [0.1, 0.15) is 79.6 Å². The van der Waals surface area contributed by atoms with Crippen molar-refractivity contribution >= 4 is 0 Å². The maximum Gasteiger partial charge on any atom is 0.00684 e. The number of rotatable bonds is 12. The van der Waals surface area contributed by atoms with Gasteiger partial charge in [0.25, 0.3) is 0 Å². The van der Waals surface area contributed by atoms with Crippen LogP contribution in [0.2, 0.25) is 0 Å². The van der Waals surface area contributed by atoms with Crippen molar-refractivity contribution in [3.63, 3.8) is 0 Å². The maximum absolute atomic E-state index is 3.77. The fourth-order valence-corrected chi connectivity index (χ4v) is 3.08. The zero-order chi connectivity index (χ0) is 15.0. The summed E-state index contributed by atoms with van der Waals surface area (Å²) < 4.78 is 0. The van der Waals surface area contributed by atoms with E-state index in [1.165, 1.54) is 64.6 Å². The van der Waals surface area contributed by atoms with Crippen molar-refractivity contribution in [1.82, 2.24) is 10.2 Å². The van der Waals surface area contributed by atoms with Crippen LogP contribution in [0, 0.1) is 5.41 Å². The molecule has 0 aromatic rings. The molecule has 0 aliphatic heterocycles. The molecule has 1 aliphatic carbocycles. The van der Waals surface area contributed by atoms with E-state index in [1.807, 2.05) is 0 Å². The number of hydrogen-bond donors (Lipinski definition) is 1. The van der Waals surface area contributed by atoms with Crippen LogP contribution in [0.15, 0.2) is 0 Å². The first-order valence-electron chi connectivity index (χ1n) is 8.98. The maximum atomic E-state index is 3.77. The monoisotopic (exact) mass is 282 g/mol. The summed E-state index contributed by atoms with van der Waals surface area (Å²) in [4.78, 5) is 2.71. The van der Waals surface area contributed by atoms with Crippen LogP contribution in [-0.2, 0) is 0 Å². The summed E-state index contributed by atoms with van der Waals surface area (Å²) in [6, 6.07) is 1.50. The molecular weight excluding hydrogens is 244 g/mol. The lowest BCUT2D eigenvalue weighted by Gasteiger charge is -2.38. The number of nitrogens with one attached hydrogen (secondary N) is 1. The molecule has 2 nitrogen and oxygen atoms in total. The van der Waals surface area contributed by atoms with Gasteiger partial charge in [0.05, 0.1) is 0 Å². The van der Waals surface area contributed by atoms with Gasteiger partial charge in [-0.25, -0.2) is 0 Å². The molecule has 1 rings (SSSR count). The fourth-order valence-electron chi connectivity index (χ4n) is 3.08. The smallest absolute Gasteiger partial charge is 0.00684 e. The van der Waals surface area contributed by atoms with Gasteiger partial charge in [-0.1, -0.05) is 40.0 Å². The van der Waals surface area contributed by atoms with E-state index in [0.29, 0.717) is 11.5 Å². The van der Waals surface area contributed by atoms with Crippen LogP contribution < -0.4 is 5.32 Å². The number of nitrogens with zero attached hydrogens (tertiary/aromatic N) is 1. The Balaban J connectivity index is 2.48. The van der Waals surface area contributed by atoms with E-state index in [4.69, 9.17) is 0 Å². The lowest BCUT2D eigenvalue weighted by molar-refractivity contribution is 0.120. The molecular formula is C18H38N2. The largest absolute Gasteiger partial charge is 0.313 e. The summed E-state index contributed by atoms with van der Waals surface area (Å²) >= 11 is 0. The molecule has 1 saturated carbocycles. The third-order valence-electron chi connectivity index (χ3n) is 4.61. The standard InChI is InChI=1S/C18H38N2/c1-6-8-9-13-20(16(3)4)15-18(5,12-7-2)14-19-17-10-11-17/h16-17,19H,6-15H2,1-5H3. The SMILES string of the molecule is CCCCCN(CC(C)(CCC)CNC1CC1)C(C)C. The Morgan fingerprint density at radius 1 is 1.15 bits per heavy atom. The highest BCUT2D eigenvalue weighted by Crippen LogP contribution is 2.27. The molecule has 0 spiro atoms. The molecule has 1 fully saturated rings. The highest BCUT2D eigenvalue weighted by atomic mass is 15.2. The van der Waals surface area contributed by atoms with Crippen LogP contribution in [0.4, 0.5) is 0 Å². The van der Waals surface area contributed by atoms with E-state index in [0.717, 1.165) is 6.04 Å². The zero-order valence-electron chi connectivity index (χ0n) is 14.7. The highest BCUT2D eigenvalue weighted by molar-refractivity contribution is 4.87. The first-order chi connectivity index (χ1) is 9.50. The van der Waals surface area contributed by atoms with Crippen LogP contribution >= 0.6 is 0 Å². The summed E-state index contributed by atoms with van der Waals surface area (Å²) in [5.74, 6) is 0. The summed E-state index contributed by atoms with van der Waals surface area (Å²) in [5, 5.41) is 3.77. The Morgan fingerprint density at radius 3 is 2.35 bits per heavy atom. The Labute approximate surface area is 127 Å². The second-order valence-corrected chi connectivity index (χ2v) is 7.49. The van der Waals surface area contributed by atoms with Crippen LogP contribution in [0.5, 0.6) is 0 Å². The van der Waals surface area contributed by atoms with Gasteiger partial charge < -0.3 is 10.2 Å². The van der Waals surface area contributed by atoms with Crippen LogP contribution in [0.25, 0.3) is 0 Å². The van der Waals surface area contributed by atoms with E-state index in [1.54, 1.807) is 0 Å². The Bertz CT molecular complexity index is 248. The normalized spacial score (nSPS) is 18.8. The number of hydrogen-bond acceptors (Lipinski definition) is 2. The molecule has 1 aliphatic rings. The molecule has 0 saturated heterocycles. The van der Waals surface area contributed by atoms with E-state index in [-0.39, 0.29) is 0 Å². The fraction of sp³-hybridized carbons (Fsp3) is 1.00. The van der Waals surface area contributed by atoms with Crippen molar-refractivity contribution in [2.75, 3.05) is 19.6 Å². The third-order valence-corrected chi connectivity index (χ3v) is 4.61. The molecule has 0 bridgehead atoms. The molecule has 1 unspecified atom stereocenters. The van der Waals surface area contributed by atoms with Crippen LogP contribution in [0.3, 0.4) is 0 Å². The minimum absolute atomic E-state index is 0.438. The van der Waals surface area contributed by atoms with Crippen molar-refractivity contribution in [2.24, 2.45) is 5.41 Å². The topological polar surface area (TPSA) is 15.3 Å². The lowest BCUT2D eigenvalue weighted by atomic mass is 9.84. The second-order valence-electron chi connectivity index (χ2n) is 7.49. The molecule has 0 heterocycles. The minimum atomic E-state index is 0.438. The minimum Gasteiger partial charge on any atom is -0.313 e. The summed E-state index contributed by atoms with van der Waals surface area (Å²) in [6.45, 7) is 15.5. The molecule has 2 heteroatoms. The van der Waals surface area contributed by atoms with Gasteiger partial charge in [0, 0.05) is 25.2 Å². The molecule has 1 N–H and O–H groups in total. The quantitative estimate of drug-likeness (QED) is 0.532. The summed E-state index contributed by atoms with van der Waals surface area (Å²) in [6.07, 6.45) is 9.47. The molecule has 1 atom stereocenters. The lowest BCUT2D eigenvalue weighted by Crippen LogP contribution is -2.45. The van der Waals surface area contributed by atoms with Gasteiger partial charge in [-0.2, -0.15) is 0 Å². The van der Waals surface area contributed by atoms with Crippen molar-refractivity contribution in [2.45, 2.75) is 91.6 Å². The molecule has 0 radical (unpaired) electrons. The van der Waals surface area contributed by atoms with E-state index < -0.39 is 0 Å². The summed E-state index contributed by atoms with van der Waals surface area (Å²) in [7, 11) is 0. The van der Waals surface area contributed by atoms with Gasteiger partial charge in [0.1, 0.15) is 0 Å². The first-order valence-corrected chi connectivity index (χ1v) is 8.98. The van der Waals surface area contributed by atoms with Crippen molar-refractivity contribution in [3.8, 4) is 0 Å². The predicted octanol–water partition coefficient (Wildman–Crippen LogP) is 4.45. The van der Waals surface area contributed by atoms with Gasteiger partial charge in [-0.3, -0.25) is 0 Å². The zero-order valence-corrected chi connectivity index (χ0v) is 14.7. The Morgan fingerprint density at radius 2 is 1.85 bits per heavy atom. The van der Waals surface area contributed by atoms with Crippen LogP contribution in [-0.4, -0.2) is 36.6 Å². The predicted molar refractivity (Wildman–Crippen MR) is 90.3 cm³/mol. The van der Waals surface area contributed by atoms with Gasteiger partial charge >= 0.3 is 0 Å². The summed E-state index contributed by atoms with van der Waals surface area (Å²) in [5.41, 5.74) is 0.438. The van der Waals surface area contributed by atoms with Crippen molar-refractivity contribution in [1.29, 1.82) is 0 Å². The van der Waals surface area contributed by atoms with Gasteiger partial charge in [-0.15, -0.1) is 0 Å². The first kappa shape index (κ1) is 18.0. The van der Waals surface area contributed by atoms with Gasteiger partial charge in [-0.05, 0) is 51.5 Å². The van der Waals surface area contributed by atoms with E-state index in [2.05, 4.69) is 44.8 Å². The van der Waals surface area contributed by atoms with E-state index >= 15 is 0 Å². The number of unbranched alkanes of at least 4 members (excludes halogenated alkanes) is 2. The van der Waals surface area contributed by atoms with Crippen molar-refractivity contribution < 1.29 is 0 Å². The average Bonchev–Trinajstić information content (AvgIpc) is 3.20. The van der Waals surface area contributed by atoms with E-state index in [9.17, 15) is 0 Å². The van der Waals surface area contributed by atoms with Crippen molar-refractivity contribution in [3.05, 3.63) is 0 Å². The molecule has 0 aromatic carbocycles.